The Hall–Kier alpha value is -2.67. The lowest BCUT2D eigenvalue weighted by Crippen LogP contribution is -2.39. The molecule has 1 heterocycles. The van der Waals surface area contributed by atoms with Crippen LogP contribution in [0.2, 0.25) is 0 Å². The predicted molar refractivity (Wildman–Crippen MR) is 89.6 cm³/mol. The third-order valence-electron chi connectivity index (χ3n) is 3.55. The van der Waals surface area contributed by atoms with Crippen molar-refractivity contribution in [2.24, 2.45) is 0 Å². The molecule has 7 nitrogen and oxygen atoms in total. The second-order valence-electron chi connectivity index (χ2n) is 5.34. The summed E-state index contributed by atoms with van der Waals surface area (Å²) in [5.41, 5.74) is 0.552. The maximum absolute atomic E-state index is 12.0. The number of carbonyl (C=O) groups is 3. The van der Waals surface area contributed by atoms with E-state index < -0.39 is 11.8 Å². The Labute approximate surface area is 140 Å². The maximum atomic E-state index is 12.0. The fourth-order valence-corrected chi connectivity index (χ4v) is 2.32. The van der Waals surface area contributed by atoms with E-state index in [4.69, 9.17) is 4.74 Å². The van der Waals surface area contributed by atoms with Crippen LogP contribution in [0.5, 0.6) is 0 Å². The number of hydrogen-bond donors (Lipinski definition) is 3. The summed E-state index contributed by atoms with van der Waals surface area (Å²) in [5, 5.41) is 7.63. The lowest BCUT2D eigenvalue weighted by molar-refractivity contribution is -0.136. The summed E-state index contributed by atoms with van der Waals surface area (Å²) in [5.74, 6) is -1.94. The van der Waals surface area contributed by atoms with Crippen molar-refractivity contribution in [1.82, 2.24) is 10.6 Å². The van der Waals surface area contributed by atoms with Crippen LogP contribution in [0.4, 0.5) is 5.69 Å². The number of hydrogen-bond acceptors (Lipinski definition) is 4. The summed E-state index contributed by atoms with van der Waals surface area (Å²) in [6.45, 7) is 4.81. The molecule has 24 heavy (non-hydrogen) atoms. The topological polar surface area (TPSA) is 96.5 Å². The zero-order chi connectivity index (χ0) is 17.4. The third-order valence-corrected chi connectivity index (χ3v) is 3.55. The first-order valence-electron chi connectivity index (χ1n) is 7.80. The van der Waals surface area contributed by atoms with Crippen molar-refractivity contribution in [3.05, 3.63) is 42.5 Å². The maximum Gasteiger partial charge on any atom is 0.313 e. The monoisotopic (exact) mass is 331 g/mol. The average molecular weight is 331 g/mol. The number of ether oxygens (including phenoxy) is 1. The molecule has 0 bridgehead atoms. The van der Waals surface area contributed by atoms with Crippen LogP contribution in [-0.2, 0) is 14.3 Å². The Morgan fingerprint density at radius 2 is 2.00 bits per heavy atom. The van der Waals surface area contributed by atoms with Crippen molar-refractivity contribution in [2.45, 2.75) is 18.9 Å². The third kappa shape index (κ3) is 4.92. The largest absolute Gasteiger partial charge is 0.376 e. The minimum Gasteiger partial charge on any atom is -0.376 e. The van der Waals surface area contributed by atoms with E-state index in [1.54, 1.807) is 30.3 Å². The standard InChI is InChI=1S/C17H21N3O4/c1-2-9-18-15(21)13-7-3-4-8-14(13)20-17(23)16(22)19-11-12-6-5-10-24-12/h2-4,7-8,12H,1,5-6,9-11H2,(H,18,21)(H,19,22)(H,20,23)/t12-/m1/s1. The van der Waals surface area contributed by atoms with Gasteiger partial charge >= 0.3 is 11.8 Å². The summed E-state index contributed by atoms with van der Waals surface area (Å²) in [7, 11) is 0. The molecule has 0 aromatic heterocycles. The molecule has 0 aliphatic carbocycles. The van der Waals surface area contributed by atoms with E-state index >= 15 is 0 Å². The van der Waals surface area contributed by atoms with Gasteiger partial charge in [0, 0.05) is 19.7 Å². The van der Waals surface area contributed by atoms with Gasteiger partial charge in [0.25, 0.3) is 5.91 Å². The SMILES string of the molecule is C=CCNC(=O)c1ccccc1NC(=O)C(=O)NC[C@H]1CCCO1. The van der Waals surface area contributed by atoms with Crippen LogP contribution in [0, 0.1) is 0 Å². The molecule has 1 fully saturated rings. The fourth-order valence-electron chi connectivity index (χ4n) is 2.32. The fraction of sp³-hybridized carbons (Fsp3) is 0.353. The van der Waals surface area contributed by atoms with E-state index in [9.17, 15) is 14.4 Å². The highest BCUT2D eigenvalue weighted by Gasteiger charge is 2.20. The number of rotatable bonds is 6. The number of nitrogens with one attached hydrogen (secondary N) is 3. The number of benzene rings is 1. The van der Waals surface area contributed by atoms with Crippen molar-refractivity contribution in [2.75, 3.05) is 25.0 Å². The van der Waals surface area contributed by atoms with E-state index in [2.05, 4.69) is 22.5 Å². The van der Waals surface area contributed by atoms with E-state index in [1.807, 2.05) is 0 Å². The highest BCUT2D eigenvalue weighted by molar-refractivity contribution is 6.40. The zero-order valence-electron chi connectivity index (χ0n) is 13.3. The molecular weight excluding hydrogens is 310 g/mol. The second kappa shape index (κ2) is 8.83. The molecule has 1 aliphatic rings. The summed E-state index contributed by atoms with van der Waals surface area (Å²) in [6.07, 6.45) is 3.34. The van der Waals surface area contributed by atoms with Crippen molar-refractivity contribution in [3.8, 4) is 0 Å². The van der Waals surface area contributed by atoms with Gasteiger partial charge in [-0.3, -0.25) is 14.4 Å². The quantitative estimate of drug-likeness (QED) is 0.531. The highest BCUT2D eigenvalue weighted by Crippen LogP contribution is 2.15. The Balaban J connectivity index is 1.93. The minimum atomic E-state index is -0.822. The number of para-hydroxylation sites is 1. The van der Waals surface area contributed by atoms with E-state index in [0.29, 0.717) is 19.7 Å². The Morgan fingerprint density at radius 1 is 1.21 bits per heavy atom. The van der Waals surface area contributed by atoms with E-state index in [0.717, 1.165) is 12.8 Å². The molecule has 1 saturated heterocycles. The van der Waals surface area contributed by atoms with Gasteiger partial charge < -0.3 is 20.7 Å². The van der Waals surface area contributed by atoms with Gasteiger partial charge in [-0.2, -0.15) is 0 Å². The molecule has 1 aliphatic heterocycles. The van der Waals surface area contributed by atoms with Crippen LogP contribution in [0.1, 0.15) is 23.2 Å². The Bertz CT molecular complexity index is 624. The van der Waals surface area contributed by atoms with E-state index in [1.165, 1.54) is 0 Å². The van der Waals surface area contributed by atoms with Crippen LogP contribution in [-0.4, -0.2) is 43.5 Å². The van der Waals surface area contributed by atoms with Gasteiger partial charge in [0.15, 0.2) is 0 Å². The molecule has 1 aromatic rings. The van der Waals surface area contributed by atoms with Crippen molar-refractivity contribution >= 4 is 23.4 Å². The molecule has 128 valence electrons. The number of anilines is 1. The van der Waals surface area contributed by atoms with Crippen molar-refractivity contribution < 1.29 is 19.1 Å². The zero-order valence-corrected chi connectivity index (χ0v) is 13.3. The molecule has 7 heteroatoms. The first-order valence-corrected chi connectivity index (χ1v) is 7.80. The normalized spacial score (nSPS) is 16.2. The minimum absolute atomic E-state index is 0.0429. The Kier molecular flexibility index (Phi) is 6.51. The first kappa shape index (κ1) is 17.7. The summed E-state index contributed by atoms with van der Waals surface area (Å²) in [6, 6.07) is 6.48. The van der Waals surface area contributed by atoms with Gasteiger partial charge in [-0.25, -0.2) is 0 Å². The first-order chi connectivity index (χ1) is 11.6. The van der Waals surface area contributed by atoms with Gasteiger partial charge in [-0.15, -0.1) is 6.58 Å². The summed E-state index contributed by atoms with van der Waals surface area (Å²) >= 11 is 0. The van der Waals surface area contributed by atoms with Gasteiger partial charge in [0.05, 0.1) is 17.4 Å². The smallest absolute Gasteiger partial charge is 0.313 e. The van der Waals surface area contributed by atoms with Crippen molar-refractivity contribution in [3.63, 3.8) is 0 Å². The van der Waals surface area contributed by atoms with E-state index in [-0.39, 0.29) is 23.3 Å². The highest BCUT2D eigenvalue weighted by atomic mass is 16.5. The Morgan fingerprint density at radius 3 is 2.71 bits per heavy atom. The number of amides is 3. The molecule has 0 saturated carbocycles. The lowest BCUT2D eigenvalue weighted by Gasteiger charge is -2.12. The van der Waals surface area contributed by atoms with Crippen molar-refractivity contribution in [1.29, 1.82) is 0 Å². The molecule has 0 radical (unpaired) electrons. The second-order valence-corrected chi connectivity index (χ2v) is 5.34. The molecule has 3 N–H and O–H groups in total. The molecule has 2 rings (SSSR count). The van der Waals surface area contributed by atoms with Gasteiger partial charge in [0.1, 0.15) is 0 Å². The van der Waals surface area contributed by atoms with Crippen LogP contribution in [0.25, 0.3) is 0 Å². The van der Waals surface area contributed by atoms with Crippen LogP contribution >= 0.6 is 0 Å². The summed E-state index contributed by atoms with van der Waals surface area (Å²) < 4.78 is 5.38. The van der Waals surface area contributed by atoms with Crippen LogP contribution in [0.15, 0.2) is 36.9 Å². The molecule has 0 spiro atoms. The number of carbonyl (C=O) groups excluding carboxylic acids is 3. The lowest BCUT2D eigenvalue weighted by atomic mass is 10.1. The molecule has 1 atom stereocenters. The average Bonchev–Trinajstić information content (AvgIpc) is 3.11. The predicted octanol–water partition coefficient (Wildman–Crippen LogP) is 0.836. The van der Waals surface area contributed by atoms with Crippen LogP contribution in [0.3, 0.4) is 0 Å². The van der Waals surface area contributed by atoms with Gasteiger partial charge in [-0.05, 0) is 25.0 Å². The van der Waals surface area contributed by atoms with Gasteiger partial charge in [-0.1, -0.05) is 18.2 Å². The molecule has 3 amide bonds. The molecular formula is C17H21N3O4. The summed E-state index contributed by atoms with van der Waals surface area (Å²) in [4.78, 5) is 35.9. The van der Waals surface area contributed by atoms with Crippen LogP contribution < -0.4 is 16.0 Å². The van der Waals surface area contributed by atoms with Gasteiger partial charge in [0.2, 0.25) is 0 Å². The molecule has 0 unspecified atom stereocenters. The molecule has 1 aromatic carbocycles.